The smallest absolute Gasteiger partial charge is 0.270 e. The second-order valence-corrected chi connectivity index (χ2v) is 5.13. The SMILES string of the molecule is CCCNc1ccnc(C(=O)NC(C)(C)COC)c1. The summed E-state index contributed by atoms with van der Waals surface area (Å²) in [5.41, 5.74) is 0.900. The molecule has 0 saturated heterocycles. The number of pyridine rings is 1. The predicted octanol–water partition coefficient (Wildman–Crippen LogP) is 2.06. The molecule has 0 atom stereocenters. The van der Waals surface area contributed by atoms with Crippen LogP contribution in [-0.2, 0) is 4.74 Å². The fraction of sp³-hybridized carbons (Fsp3) is 0.571. The van der Waals surface area contributed by atoms with Gasteiger partial charge < -0.3 is 15.4 Å². The summed E-state index contributed by atoms with van der Waals surface area (Å²) in [7, 11) is 1.61. The molecule has 1 aromatic rings. The number of hydrogen-bond acceptors (Lipinski definition) is 4. The molecule has 0 unspecified atom stereocenters. The summed E-state index contributed by atoms with van der Waals surface area (Å²) >= 11 is 0. The second-order valence-electron chi connectivity index (χ2n) is 5.13. The van der Waals surface area contributed by atoms with Crippen molar-refractivity contribution in [2.75, 3.05) is 25.6 Å². The lowest BCUT2D eigenvalue weighted by molar-refractivity contribution is 0.0815. The fourth-order valence-corrected chi connectivity index (χ4v) is 1.70. The Hall–Kier alpha value is -1.62. The average Bonchev–Trinajstić information content (AvgIpc) is 2.36. The van der Waals surface area contributed by atoms with Gasteiger partial charge in [-0.05, 0) is 32.4 Å². The van der Waals surface area contributed by atoms with Crippen molar-refractivity contribution in [2.24, 2.45) is 0 Å². The summed E-state index contributed by atoms with van der Waals surface area (Å²) in [4.78, 5) is 16.2. The Kier molecular flexibility index (Phi) is 5.76. The summed E-state index contributed by atoms with van der Waals surface area (Å²) in [6.07, 6.45) is 2.67. The molecule has 5 heteroatoms. The molecule has 1 heterocycles. The lowest BCUT2D eigenvalue weighted by Crippen LogP contribution is -2.47. The zero-order valence-electron chi connectivity index (χ0n) is 12.1. The summed E-state index contributed by atoms with van der Waals surface area (Å²) in [6.45, 7) is 7.24. The number of nitrogens with one attached hydrogen (secondary N) is 2. The van der Waals surface area contributed by atoms with Crippen LogP contribution in [0.1, 0.15) is 37.7 Å². The first kappa shape index (κ1) is 15.4. The quantitative estimate of drug-likeness (QED) is 0.792. The van der Waals surface area contributed by atoms with Crippen molar-refractivity contribution in [3.63, 3.8) is 0 Å². The van der Waals surface area contributed by atoms with Crippen LogP contribution in [0, 0.1) is 0 Å². The Balaban J connectivity index is 2.71. The Morgan fingerprint density at radius 2 is 2.21 bits per heavy atom. The van der Waals surface area contributed by atoms with Crippen molar-refractivity contribution >= 4 is 11.6 Å². The molecule has 5 nitrogen and oxygen atoms in total. The normalized spacial score (nSPS) is 11.2. The molecule has 0 aliphatic carbocycles. The molecule has 1 aromatic heterocycles. The molecule has 0 aliphatic heterocycles. The van der Waals surface area contributed by atoms with Gasteiger partial charge in [0.15, 0.2) is 0 Å². The van der Waals surface area contributed by atoms with Crippen LogP contribution in [0.15, 0.2) is 18.3 Å². The van der Waals surface area contributed by atoms with E-state index < -0.39 is 5.54 Å². The standard InChI is InChI=1S/C14H23N3O2/c1-5-7-15-11-6-8-16-12(9-11)13(18)17-14(2,3)10-19-4/h6,8-9H,5,7,10H2,1-4H3,(H,15,16)(H,17,18). The largest absolute Gasteiger partial charge is 0.385 e. The lowest BCUT2D eigenvalue weighted by atomic mass is 10.1. The molecule has 0 aliphatic rings. The van der Waals surface area contributed by atoms with Crippen molar-refractivity contribution in [1.29, 1.82) is 0 Å². The van der Waals surface area contributed by atoms with Gasteiger partial charge >= 0.3 is 0 Å². The van der Waals surface area contributed by atoms with Gasteiger partial charge in [0.1, 0.15) is 5.69 Å². The van der Waals surface area contributed by atoms with Gasteiger partial charge in [0.05, 0.1) is 12.1 Å². The van der Waals surface area contributed by atoms with Crippen LogP contribution in [0.4, 0.5) is 5.69 Å². The first-order valence-electron chi connectivity index (χ1n) is 6.50. The molecule has 106 valence electrons. The maximum atomic E-state index is 12.1. The van der Waals surface area contributed by atoms with Crippen molar-refractivity contribution in [1.82, 2.24) is 10.3 Å². The minimum absolute atomic E-state index is 0.192. The minimum atomic E-state index is -0.416. The van der Waals surface area contributed by atoms with Crippen molar-refractivity contribution in [3.05, 3.63) is 24.0 Å². The maximum absolute atomic E-state index is 12.1. The molecule has 19 heavy (non-hydrogen) atoms. The van der Waals surface area contributed by atoms with Gasteiger partial charge in [0.2, 0.25) is 0 Å². The summed E-state index contributed by atoms with van der Waals surface area (Å²) < 4.78 is 5.07. The Bertz CT molecular complexity index is 419. The third-order valence-electron chi connectivity index (χ3n) is 2.53. The van der Waals surface area contributed by atoms with Gasteiger partial charge in [-0.15, -0.1) is 0 Å². The van der Waals surface area contributed by atoms with E-state index in [2.05, 4.69) is 22.5 Å². The highest BCUT2D eigenvalue weighted by Gasteiger charge is 2.21. The molecule has 0 aromatic carbocycles. The van der Waals surface area contributed by atoms with Crippen LogP contribution < -0.4 is 10.6 Å². The van der Waals surface area contributed by atoms with Gasteiger partial charge in [-0.1, -0.05) is 6.92 Å². The maximum Gasteiger partial charge on any atom is 0.270 e. The summed E-state index contributed by atoms with van der Waals surface area (Å²) in [5.74, 6) is -0.192. The monoisotopic (exact) mass is 265 g/mol. The van der Waals surface area contributed by atoms with Crippen molar-refractivity contribution in [3.8, 4) is 0 Å². The highest BCUT2D eigenvalue weighted by Crippen LogP contribution is 2.10. The number of methoxy groups -OCH3 is 1. The Morgan fingerprint density at radius 3 is 2.84 bits per heavy atom. The number of hydrogen-bond donors (Lipinski definition) is 2. The fourth-order valence-electron chi connectivity index (χ4n) is 1.70. The highest BCUT2D eigenvalue weighted by atomic mass is 16.5. The van der Waals surface area contributed by atoms with E-state index in [4.69, 9.17) is 4.74 Å². The number of carbonyl (C=O) groups excluding carboxylic acids is 1. The number of aromatic nitrogens is 1. The number of anilines is 1. The van der Waals surface area contributed by atoms with Gasteiger partial charge in [-0.2, -0.15) is 0 Å². The van der Waals surface area contributed by atoms with E-state index >= 15 is 0 Å². The summed E-state index contributed by atoms with van der Waals surface area (Å²) in [5, 5.41) is 6.14. The third kappa shape index (κ3) is 5.26. The van der Waals surface area contributed by atoms with Crippen LogP contribution in [0.3, 0.4) is 0 Å². The first-order chi connectivity index (χ1) is 8.98. The van der Waals surface area contributed by atoms with Gasteiger partial charge in [0.25, 0.3) is 5.91 Å². The molecule has 2 N–H and O–H groups in total. The van der Waals surface area contributed by atoms with E-state index in [1.54, 1.807) is 19.4 Å². The number of amides is 1. The predicted molar refractivity (Wildman–Crippen MR) is 76.4 cm³/mol. The number of carbonyl (C=O) groups is 1. The highest BCUT2D eigenvalue weighted by molar-refractivity contribution is 5.93. The van der Waals surface area contributed by atoms with Crippen LogP contribution in [0.2, 0.25) is 0 Å². The molecule has 0 saturated carbocycles. The van der Waals surface area contributed by atoms with Crippen LogP contribution in [0.25, 0.3) is 0 Å². The third-order valence-corrected chi connectivity index (χ3v) is 2.53. The molecule has 0 fully saturated rings. The molecular formula is C14H23N3O2. The van der Waals surface area contributed by atoms with Gasteiger partial charge in [-0.3, -0.25) is 9.78 Å². The molecule has 1 rings (SSSR count). The first-order valence-corrected chi connectivity index (χ1v) is 6.50. The van der Waals surface area contributed by atoms with E-state index in [0.717, 1.165) is 18.7 Å². The van der Waals surface area contributed by atoms with E-state index in [1.165, 1.54) is 0 Å². The van der Waals surface area contributed by atoms with Crippen LogP contribution >= 0.6 is 0 Å². The van der Waals surface area contributed by atoms with E-state index in [1.807, 2.05) is 19.9 Å². The number of ether oxygens (including phenoxy) is 1. The Morgan fingerprint density at radius 1 is 1.47 bits per heavy atom. The lowest BCUT2D eigenvalue weighted by Gasteiger charge is -2.25. The van der Waals surface area contributed by atoms with Gasteiger partial charge in [0, 0.05) is 25.5 Å². The van der Waals surface area contributed by atoms with Gasteiger partial charge in [-0.25, -0.2) is 0 Å². The topological polar surface area (TPSA) is 63.2 Å². The van der Waals surface area contributed by atoms with E-state index in [0.29, 0.717) is 12.3 Å². The molecule has 0 spiro atoms. The van der Waals surface area contributed by atoms with E-state index in [9.17, 15) is 4.79 Å². The number of rotatable bonds is 7. The van der Waals surface area contributed by atoms with Crippen LogP contribution in [-0.4, -0.2) is 36.7 Å². The molecule has 0 radical (unpaired) electrons. The molecular weight excluding hydrogens is 242 g/mol. The minimum Gasteiger partial charge on any atom is -0.385 e. The zero-order chi connectivity index (χ0) is 14.3. The van der Waals surface area contributed by atoms with E-state index in [-0.39, 0.29) is 5.91 Å². The second kappa shape index (κ2) is 7.09. The van der Waals surface area contributed by atoms with Crippen molar-refractivity contribution in [2.45, 2.75) is 32.7 Å². The average molecular weight is 265 g/mol. The Labute approximate surface area is 114 Å². The zero-order valence-corrected chi connectivity index (χ0v) is 12.1. The van der Waals surface area contributed by atoms with Crippen molar-refractivity contribution < 1.29 is 9.53 Å². The number of nitrogens with zero attached hydrogens (tertiary/aromatic N) is 1. The van der Waals surface area contributed by atoms with Crippen LogP contribution in [0.5, 0.6) is 0 Å². The summed E-state index contributed by atoms with van der Waals surface area (Å²) in [6, 6.07) is 3.61. The molecule has 0 bridgehead atoms. The molecule has 1 amide bonds.